The Hall–Kier alpha value is -4.90. The fourth-order valence-corrected chi connectivity index (χ4v) is 4.79. The van der Waals surface area contributed by atoms with Gasteiger partial charge in [0.15, 0.2) is 0 Å². The quantitative estimate of drug-likeness (QED) is 0.206. The molecule has 0 unspecified atom stereocenters. The van der Waals surface area contributed by atoms with Crippen molar-refractivity contribution < 1.29 is 14.2 Å². The summed E-state index contributed by atoms with van der Waals surface area (Å²) >= 11 is 0. The average molecular weight is 531 g/mol. The molecule has 40 heavy (non-hydrogen) atoms. The van der Waals surface area contributed by atoms with Crippen LogP contribution in [0.3, 0.4) is 0 Å². The molecule has 0 atom stereocenters. The Kier molecular flexibility index (Phi) is 7.92. The van der Waals surface area contributed by atoms with Crippen LogP contribution in [0.2, 0.25) is 0 Å². The molecule has 0 spiro atoms. The minimum absolute atomic E-state index is 0.825. The minimum Gasteiger partial charge on any atom is -0.497 e. The lowest BCUT2D eigenvalue weighted by molar-refractivity contribution is 0.414. The minimum atomic E-state index is 0.825. The molecule has 0 radical (unpaired) electrons. The van der Waals surface area contributed by atoms with E-state index < -0.39 is 0 Å². The van der Waals surface area contributed by atoms with E-state index >= 15 is 0 Å². The number of nitrogens with one attached hydrogen (secondary N) is 1. The maximum Gasteiger partial charge on any atom is 0.119 e. The molecule has 5 rings (SSSR count). The van der Waals surface area contributed by atoms with Crippen molar-refractivity contribution in [1.29, 1.82) is 0 Å². The normalized spacial score (nSPS) is 10.6. The van der Waals surface area contributed by atoms with Gasteiger partial charge >= 0.3 is 0 Å². The molecule has 0 aromatic heterocycles. The van der Waals surface area contributed by atoms with Gasteiger partial charge in [-0.1, -0.05) is 12.1 Å². The first-order chi connectivity index (χ1) is 19.5. The molecule has 0 fully saturated rings. The maximum atomic E-state index is 5.40. The Morgan fingerprint density at radius 3 is 1.40 bits per heavy atom. The third kappa shape index (κ3) is 5.74. The van der Waals surface area contributed by atoms with Gasteiger partial charge in [0.25, 0.3) is 0 Å². The van der Waals surface area contributed by atoms with Crippen LogP contribution in [0.15, 0.2) is 109 Å². The molecule has 0 saturated heterocycles. The summed E-state index contributed by atoms with van der Waals surface area (Å²) in [6.45, 7) is 4.29. The smallest absolute Gasteiger partial charge is 0.119 e. The maximum absolute atomic E-state index is 5.40. The highest BCUT2D eigenvalue weighted by atomic mass is 16.5. The van der Waals surface area contributed by atoms with E-state index in [-0.39, 0.29) is 0 Å². The summed E-state index contributed by atoms with van der Waals surface area (Å²) < 4.78 is 16.1. The standard InChI is InChI=1S/C35H34N2O3/c1-24-22-26(6-20-34(24)36-28-8-14-31(38-3)15-9-28)27-7-21-35(25(2)23-27)37(29-10-16-32(39-4)17-11-29)30-12-18-33(40-5)19-13-30/h6-23,36H,1-5H3. The molecule has 5 aromatic carbocycles. The summed E-state index contributed by atoms with van der Waals surface area (Å²) in [6, 6.07) is 37.4. The summed E-state index contributed by atoms with van der Waals surface area (Å²) in [7, 11) is 5.04. The third-order valence-corrected chi connectivity index (χ3v) is 7.03. The van der Waals surface area contributed by atoms with Crippen LogP contribution < -0.4 is 24.4 Å². The van der Waals surface area contributed by atoms with E-state index in [1.165, 1.54) is 22.3 Å². The highest BCUT2D eigenvalue weighted by Crippen LogP contribution is 2.39. The number of aryl methyl sites for hydroxylation is 2. The molecule has 1 N–H and O–H groups in total. The van der Waals surface area contributed by atoms with E-state index in [1.54, 1.807) is 21.3 Å². The zero-order chi connectivity index (χ0) is 28.1. The number of anilines is 5. The fourth-order valence-electron chi connectivity index (χ4n) is 4.79. The fraction of sp³-hybridized carbons (Fsp3) is 0.143. The van der Waals surface area contributed by atoms with Crippen LogP contribution >= 0.6 is 0 Å². The van der Waals surface area contributed by atoms with E-state index in [9.17, 15) is 0 Å². The zero-order valence-corrected chi connectivity index (χ0v) is 23.6. The monoisotopic (exact) mass is 530 g/mol. The van der Waals surface area contributed by atoms with Gasteiger partial charge < -0.3 is 24.4 Å². The predicted molar refractivity (Wildman–Crippen MR) is 165 cm³/mol. The van der Waals surface area contributed by atoms with Gasteiger partial charge in [0.05, 0.1) is 21.3 Å². The molecule has 202 valence electrons. The second kappa shape index (κ2) is 11.9. The summed E-state index contributed by atoms with van der Waals surface area (Å²) in [4.78, 5) is 2.26. The van der Waals surface area contributed by atoms with Gasteiger partial charge in [-0.2, -0.15) is 0 Å². The van der Waals surface area contributed by atoms with Crippen molar-refractivity contribution in [1.82, 2.24) is 0 Å². The zero-order valence-electron chi connectivity index (χ0n) is 23.6. The lowest BCUT2D eigenvalue weighted by Crippen LogP contribution is -2.11. The summed E-state index contributed by atoms with van der Waals surface area (Å²) in [5, 5.41) is 3.51. The number of hydrogen-bond acceptors (Lipinski definition) is 5. The highest BCUT2D eigenvalue weighted by Gasteiger charge is 2.16. The lowest BCUT2D eigenvalue weighted by atomic mass is 9.99. The Bertz CT molecular complexity index is 1530. The summed E-state index contributed by atoms with van der Waals surface area (Å²) in [6.07, 6.45) is 0. The van der Waals surface area contributed by atoms with Crippen LogP contribution in [0.25, 0.3) is 11.1 Å². The van der Waals surface area contributed by atoms with Gasteiger partial charge in [-0.15, -0.1) is 0 Å². The SMILES string of the molecule is COc1ccc(Nc2ccc(-c3ccc(N(c4ccc(OC)cc4)c4ccc(OC)cc4)c(C)c3)cc2C)cc1. The van der Waals surface area contributed by atoms with Crippen molar-refractivity contribution in [2.75, 3.05) is 31.5 Å². The number of nitrogens with zero attached hydrogens (tertiary/aromatic N) is 1. The van der Waals surface area contributed by atoms with Gasteiger partial charge in [-0.25, -0.2) is 0 Å². The number of ether oxygens (including phenoxy) is 3. The molecule has 5 aromatic rings. The van der Waals surface area contributed by atoms with Crippen molar-refractivity contribution in [2.45, 2.75) is 13.8 Å². The average Bonchev–Trinajstić information content (AvgIpc) is 3.00. The Labute approximate surface area is 236 Å². The molecular weight excluding hydrogens is 496 g/mol. The van der Waals surface area contributed by atoms with Crippen LogP contribution in [-0.2, 0) is 0 Å². The van der Waals surface area contributed by atoms with Crippen LogP contribution in [-0.4, -0.2) is 21.3 Å². The predicted octanol–water partition coefficient (Wildman–Crippen LogP) is 9.21. The van der Waals surface area contributed by atoms with E-state index in [4.69, 9.17) is 14.2 Å². The summed E-state index contributed by atoms with van der Waals surface area (Å²) in [5.41, 5.74) is 9.99. The Morgan fingerprint density at radius 2 is 0.950 bits per heavy atom. The van der Waals surface area contributed by atoms with Crippen LogP contribution in [0, 0.1) is 13.8 Å². The highest BCUT2D eigenvalue weighted by molar-refractivity contribution is 5.81. The molecule has 0 aliphatic rings. The van der Waals surface area contributed by atoms with E-state index in [0.29, 0.717) is 0 Å². The first-order valence-corrected chi connectivity index (χ1v) is 13.2. The number of benzene rings is 5. The van der Waals surface area contributed by atoms with Crippen molar-refractivity contribution >= 4 is 28.4 Å². The molecule has 5 nitrogen and oxygen atoms in total. The third-order valence-electron chi connectivity index (χ3n) is 7.03. The molecular formula is C35H34N2O3. The second-order valence-electron chi connectivity index (χ2n) is 9.62. The van der Waals surface area contributed by atoms with Crippen LogP contribution in [0.5, 0.6) is 17.2 Å². The van der Waals surface area contributed by atoms with Crippen molar-refractivity contribution in [2.24, 2.45) is 0 Å². The van der Waals surface area contributed by atoms with Gasteiger partial charge in [-0.05, 0) is 133 Å². The Balaban J connectivity index is 1.45. The molecule has 0 aliphatic heterocycles. The van der Waals surface area contributed by atoms with Gasteiger partial charge in [0.2, 0.25) is 0 Å². The van der Waals surface area contributed by atoms with Gasteiger partial charge in [-0.3, -0.25) is 0 Å². The van der Waals surface area contributed by atoms with Crippen LogP contribution in [0.4, 0.5) is 28.4 Å². The van der Waals surface area contributed by atoms with Gasteiger partial charge in [0.1, 0.15) is 17.2 Å². The van der Waals surface area contributed by atoms with E-state index in [0.717, 1.165) is 45.7 Å². The lowest BCUT2D eigenvalue weighted by Gasteiger charge is -2.27. The molecule has 0 heterocycles. The molecule has 0 bridgehead atoms. The first kappa shape index (κ1) is 26.7. The molecule has 0 saturated carbocycles. The van der Waals surface area contributed by atoms with Crippen molar-refractivity contribution in [3.63, 3.8) is 0 Å². The van der Waals surface area contributed by atoms with Crippen LogP contribution in [0.1, 0.15) is 11.1 Å². The van der Waals surface area contributed by atoms with E-state index in [2.05, 4.69) is 84.7 Å². The molecule has 0 amide bonds. The Morgan fingerprint density at radius 1 is 0.500 bits per heavy atom. The number of methoxy groups -OCH3 is 3. The van der Waals surface area contributed by atoms with Crippen molar-refractivity contribution in [3.05, 3.63) is 120 Å². The second-order valence-corrected chi connectivity index (χ2v) is 9.62. The largest absolute Gasteiger partial charge is 0.497 e. The van der Waals surface area contributed by atoms with Gasteiger partial charge in [0, 0.05) is 28.4 Å². The topological polar surface area (TPSA) is 43.0 Å². The number of rotatable bonds is 9. The first-order valence-electron chi connectivity index (χ1n) is 13.2. The van der Waals surface area contributed by atoms with E-state index in [1.807, 2.05) is 48.5 Å². The van der Waals surface area contributed by atoms with Crippen molar-refractivity contribution in [3.8, 4) is 28.4 Å². The molecule has 0 aliphatic carbocycles. The summed E-state index contributed by atoms with van der Waals surface area (Å²) in [5.74, 6) is 2.49. The number of hydrogen-bond donors (Lipinski definition) is 1. The molecule has 5 heteroatoms.